The van der Waals surface area contributed by atoms with Gasteiger partial charge in [-0.25, -0.2) is 9.78 Å². The third kappa shape index (κ3) is 3.74. The molecule has 1 unspecified atom stereocenters. The number of carbonyl (C=O) groups is 3. The number of fused-ring (bicyclic) bond motifs is 5. The zero-order valence-corrected chi connectivity index (χ0v) is 25.6. The predicted molar refractivity (Wildman–Crippen MR) is 167 cm³/mol. The molecule has 1 spiro atoms. The molecular formula is C33H24ClN3O6S. The molecule has 0 fully saturated rings. The minimum Gasteiger partial charge on any atom is -0.465 e. The summed E-state index contributed by atoms with van der Waals surface area (Å²) in [7, 11) is 1.25. The van der Waals surface area contributed by atoms with Crippen molar-refractivity contribution in [2.75, 3.05) is 16.9 Å². The van der Waals surface area contributed by atoms with E-state index >= 15 is 4.79 Å². The van der Waals surface area contributed by atoms with Crippen LogP contribution < -0.4 is 15.2 Å². The van der Waals surface area contributed by atoms with Gasteiger partial charge in [0.2, 0.25) is 5.76 Å². The maximum absolute atomic E-state index is 15.1. The maximum Gasteiger partial charge on any atom is 0.350 e. The van der Waals surface area contributed by atoms with Crippen LogP contribution in [0, 0.1) is 20.8 Å². The van der Waals surface area contributed by atoms with E-state index in [9.17, 15) is 14.4 Å². The number of anilines is 2. The summed E-state index contributed by atoms with van der Waals surface area (Å²) in [6.45, 7) is 5.53. The first-order valence-electron chi connectivity index (χ1n) is 13.7. The zero-order valence-electron chi connectivity index (χ0n) is 24.1. The molecule has 0 bridgehead atoms. The van der Waals surface area contributed by atoms with Gasteiger partial charge in [0.15, 0.2) is 16.1 Å². The van der Waals surface area contributed by atoms with E-state index in [-0.39, 0.29) is 38.8 Å². The molecule has 4 heterocycles. The Morgan fingerprint density at radius 1 is 1.02 bits per heavy atom. The number of thiazole rings is 1. The number of methoxy groups -OCH3 is 1. The summed E-state index contributed by atoms with van der Waals surface area (Å²) < 4.78 is 11.2. The largest absolute Gasteiger partial charge is 0.465 e. The molecule has 2 aliphatic rings. The number of esters is 1. The molecule has 0 aliphatic carbocycles. The van der Waals surface area contributed by atoms with Gasteiger partial charge in [0.25, 0.3) is 11.8 Å². The molecule has 0 radical (unpaired) electrons. The minimum atomic E-state index is -1.94. The van der Waals surface area contributed by atoms with Crippen molar-refractivity contribution in [3.63, 3.8) is 0 Å². The average molecular weight is 626 g/mol. The Kier molecular flexibility index (Phi) is 6.28. The van der Waals surface area contributed by atoms with Gasteiger partial charge in [-0.1, -0.05) is 53.3 Å². The summed E-state index contributed by atoms with van der Waals surface area (Å²) in [4.78, 5) is 64.2. The number of hydrogen-bond donors (Lipinski definition) is 0. The Hall–Kier alpha value is -4.80. The molecule has 11 heteroatoms. The summed E-state index contributed by atoms with van der Waals surface area (Å²) in [5.41, 5.74) is 1.54. The second-order valence-corrected chi connectivity index (χ2v) is 12.3. The van der Waals surface area contributed by atoms with E-state index in [4.69, 9.17) is 20.8 Å². The van der Waals surface area contributed by atoms with E-state index in [1.807, 2.05) is 26.0 Å². The lowest BCUT2D eigenvalue weighted by Gasteiger charge is -2.32. The lowest BCUT2D eigenvalue weighted by molar-refractivity contribution is -0.121. The van der Waals surface area contributed by atoms with Crippen LogP contribution in [-0.4, -0.2) is 29.9 Å². The average Bonchev–Trinajstić information content (AvgIpc) is 3.59. The number of carbonyl (C=O) groups excluding carboxylic acids is 3. The smallest absolute Gasteiger partial charge is 0.350 e. The first-order chi connectivity index (χ1) is 21.1. The van der Waals surface area contributed by atoms with Crippen LogP contribution in [0.3, 0.4) is 0 Å². The number of amides is 2. The van der Waals surface area contributed by atoms with Crippen molar-refractivity contribution >= 4 is 62.5 Å². The molecule has 0 saturated carbocycles. The predicted octanol–water partition coefficient (Wildman–Crippen LogP) is 6.07. The molecule has 3 aromatic carbocycles. The molecule has 5 aromatic rings. The van der Waals surface area contributed by atoms with Gasteiger partial charge in [-0.2, -0.15) is 0 Å². The molecule has 7 rings (SSSR count). The molecule has 0 saturated heterocycles. The van der Waals surface area contributed by atoms with Crippen LogP contribution in [0.4, 0.5) is 10.8 Å². The number of hydrogen-bond acceptors (Lipinski definition) is 8. The summed E-state index contributed by atoms with van der Waals surface area (Å²) >= 11 is 7.03. The van der Waals surface area contributed by atoms with Crippen LogP contribution in [0.2, 0.25) is 5.02 Å². The number of ether oxygens (including phenoxy) is 1. The van der Waals surface area contributed by atoms with E-state index in [1.54, 1.807) is 60.4 Å². The highest BCUT2D eigenvalue weighted by atomic mass is 35.5. The van der Waals surface area contributed by atoms with Gasteiger partial charge in [-0.15, -0.1) is 0 Å². The summed E-state index contributed by atoms with van der Waals surface area (Å²) in [5.74, 6) is -2.10. The fourth-order valence-corrected chi connectivity index (χ4v) is 7.27. The fourth-order valence-electron chi connectivity index (χ4n) is 6.11. The number of nitrogens with zero attached hydrogens (tertiary/aromatic N) is 3. The molecule has 9 nitrogen and oxygen atoms in total. The fraction of sp³-hybridized carbons (Fsp3) is 0.182. The number of halogens is 1. The highest BCUT2D eigenvalue weighted by Crippen LogP contribution is 2.55. The van der Waals surface area contributed by atoms with Crippen LogP contribution in [0.5, 0.6) is 0 Å². The van der Waals surface area contributed by atoms with Gasteiger partial charge in [0, 0.05) is 10.6 Å². The monoisotopic (exact) mass is 625 g/mol. The van der Waals surface area contributed by atoms with Crippen LogP contribution in [0.15, 0.2) is 69.9 Å². The van der Waals surface area contributed by atoms with Gasteiger partial charge >= 0.3 is 5.97 Å². The lowest BCUT2D eigenvalue weighted by Crippen LogP contribution is -2.53. The van der Waals surface area contributed by atoms with Crippen LogP contribution >= 0.6 is 22.9 Å². The highest BCUT2D eigenvalue weighted by Gasteiger charge is 2.66. The van der Waals surface area contributed by atoms with Crippen LogP contribution in [0.25, 0.3) is 11.0 Å². The Morgan fingerprint density at radius 2 is 1.73 bits per heavy atom. The second kappa shape index (κ2) is 9.87. The number of benzene rings is 3. The van der Waals surface area contributed by atoms with E-state index in [2.05, 4.69) is 4.98 Å². The molecule has 2 amide bonds. The van der Waals surface area contributed by atoms with E-state index < -0.39 is 28.8 Å². The van der Waals surface area contributed by atoms with Gasteiger partial charge in [0.1, 0.15) is 10.5 Å². The SMILES string of the molecule is COC(=O)c1sc(N2C(=O)c3oc4cc(C)c(C)cc4c(=O)c3C23C(=O)N(Cc2ccc(Cl)cc2)c2ccccc23)nc1C. The Balaban J connectivity index is 1.56. The first-order valence-corrected chi connectivity index (χ1v) is 14.9. The third-order valence-corrected chi connectivity index (χ3v) is 9.72. The summed E-state index contributed by atoms with van der Waals surface area (Å²) in [6.07, 6.45) is 0. The Morgan fingerprint density at radius 3 is 2.45 bits per heavy atom. The summed E-state index contributed by atoms with van der Waals surface area (Å²) in [5, 5.41) is 0.870. The first kappa shape index (κ1) is 28.0. The normalized spacial score (nSPS) is 17.1. The van der Waals surface area contributed by atoms with Crippen LogP contribution in [0.1, 0.15) is 53.7 Å². The third-order valence-electron chi connectivity index (χ3n) is 8.34. The molecule has 1 atom stereocenters. The number of aromatic nitrogens is 1. The number of para-hydroxylation sites is 1. The number of rotatable bonds is 4. The van der Waals surface area contributed by atoms with Crippen molar-refractivity contribution in [3.05, 3.63) is 120 Å². The molecule has 0 N–H and O–H groups in total. The van der Waals surface area contributed by atoms with Crippen molar-refractivity contribution in [1.82, 2.24) is 4.98 Å². The molecular weight excluding hydrogens is 602 g/mol. The van der Waals surface area contributed by atoms with Crippen molar-refractivity contribution in [1.29, 1.82) is 0 Å². The van der Waals surface area contributed by atoms with Crippen LogP contribution in [-0.2, 0) is 21.6 Å². The summed E-state index contributed by atoms with van der Waals surface area (Å²) in [6, 6.07) is 17.6. The van der Waals surface area contributed by atoms with Gasteiger partial charge in [-0.05, 0) is 67.8 Å². The highest BCUT2D eigenvalue weighted by molar-refractivity contribution is 7.17. The maximum atomic E-state index is 15.1. The van der Waals surface area contributed by atoms with E-state index in [0.29, 0.717) is 22.0 Å². The molecule has 220 valence electrons. The topological polar surface area (TPSA) is 110 Å². The second-order valence-electron chi connectivity index (χ2n) is 10.9. The van der Waals surface area contributed by atoms with Gasteiger partial charge in [0.05, 0.1) is 36.0 Å². The minimum absolute atomic E-state index is 0.0617. The Labute approximate surface area is 260 Å². The molecule has 2 aliphatic heterocycles. The van der Waals surface area contributed by atoms with Crippen molar-refractivity contribution < 1.29 is 23.5 Å². The quantitative estimate of drug-likeness (QED) is 0.223. The standard InChI is InChI=1S/C33H24ClN3O6S/c1-16-13-21-24(14-17(16)2)43-27-25(26(21)38)33(37(29(27)39)32-35-18(3)28(44-32)30(40)42-4)22-7-5-6-8-23(22)36(31(33)41)15-19-9-11-20(34)12-10-19/h5-14H,15H2,1-4H3. The van der Waals surface area contributed by atoms with Crippen molar-refractivity contribution in [2.24, 2.45) is 0 Å². The van der Waals surface area contributed by atoms with E-state index in [0.717, 1.165) is 28.0 Å². The van der Waals surface area contributed by atoms with Gasteiger partial charge in [-0.3, -0.25) is 19.3 Å². The van der Waals surface area contributed by atoms with Crippen molar-refractivity contribution in [3.8, 4) is 0 Å². The Bertz CT molecular complexity index is 2140. The zero-order chi connectivity index (χ0) is 31.1. The molecule has 44 heavy (non-hydrogen) atoms. The van der Waals surface area contributed by atoms with E-state index in [1.165, 1.54) is 12.0 Å². The lowest BCUT2D eigenvalue weighted by atomic mass is 9.84. The van der Waals surface area contributed by atoms with Crippen molar-refractivity contribution in [2.45, 2.75) is 32.9 Å². The number of aryl methyl sites for hydroxylation is 3. The molecule has 2 aromatic heterocycles. The van der Waals surface area contributed by atoms with Gasteiger partial charge < -0.3 is 14.1 Å².